The fourth-order valence-electron chi connectivity index (χ4n) is 1.46. The first-order chi connectivity index (χ1) is 7.22. The number of amides is 1. The van der Waals surface area contributed by atoms with Crippen molar-refractivity contribution in [3.8, 4) is 5.75 Å². The maximum atomic E-state index is 11.2. The van der Waals surface area contributed by atoms with Crippen LogP contribution in [0.15, 0.2) is 18.2 Å². The highest BCUT2D eigenvalue weighted by molar-refractivity contribution is 5.99. The Hall–Kier alpha value is -1.71. The van der Waals surface area contributed by atoms with Gasteiger partial charge in [0.2, 0.25) is 0 Å². The average molecular weight is 206 g/mol. The lowest BCUT2D eigenvalue weighted by Gasteiger charge is -2.12. The fourth-order valence-corrected chi connectivity index (χ4v) is 1.46. The van der Waals surface area contributed by atoms with Crippen LogP contribution in [0.1, 0.15) is 23.2 Å². The summed E-state index contributed by atoms with van der Waals surface area (Å²) in [7, 11) is 1.75. The second kappa shape index (κ2) is 3.81. The van der Waals surface area contributed by atoms with Gasteiger partial charge in [-0.3, -0.25) is 4.79 Å². The molecule has 0 bridgehead atoms. The number of carbonyl (C=O) groups is 1. The molecule has 1 saturated carbocycles. The number of carbonyl (C=O) groups excluding carboxylic acids is 1. The molecule has 0 radical (unpaired) electrons. The van der Waals surface area contributed by atoms with E-state index >= 15 is 0 Å². The van der Waals surface area contributed by atoms with Gasteiger partial charge in [0.1, 0.15) is 5.75 Å². The third kappa shape index (κ3) is 2.03. The monoisotopic (exact) mass is 206 g/mol. The van der Waals surface area contributed by atoms with E-state index < -0.39 is 5.91 Å². The maximum absolute atomic E-state index is 11.2. The van der Waals surface area contributed by atoms with E-state index in [-0.39, 0.29) is 0 Å². The Balaban J connectivity index is 2.34. The fraction of sp³-hybridized carbons (Fsp3) is 0.364. The van der Waals surface area contributed by atoms with E-state index in [9.17, 15) is 4.79 Å². The van der Waals surface area contributed by atoms with Gasteiger partial charge in [-0.1, -0.05) is 6.07 Å². The number of ether oxygens (including phenoxy) is 1. The molecule has 1 amide bonds. The molecule has 1 aromatic carbocycles. The normalized spacial score (nSPS) is 14.7. The zero-order valence-corrected chi connectivity index (χ0v) is 8.62. The Morgan fingerprint density at radius 3 is 2.80 bits per heavy atom. The van der Waals surface area contributed by atoms with E-state index in [1.54, 1.807) is 19.2 Å². The molecule has 2 rings (SSSR count). The van der Waals surface area contributed by atoms with Crippen LogP contribution in [-0.4, -0.2) is 19.1 Å². The summed E-state index contributed by atoms with van der Waals surface area (Å²) in [4.78, 5) is 11.2. The Labute approximate surface area is 88.4 Å². The van der Waals surface area contributed by atoms with Crippen LogP contribution >= 0.6 is 0 Å². The van der Waals surface area contributed by atoms with Crippen LogP contribution in [0.2, 0.25) is 0 Å². The Bertz CT molecular complexity index is 386. The molecular weight excluding hydrogens is 192 g/mol. The largest absolute Gasteiger partial charge is 0.488 e. The van der Waals surface area contributed by atoms with Crippen LogP contribution in [0.4, 0.5) is 5.69 Å². The van der Waals surface area contributed by atoms with E-state index in [1.807, 2.05) is 6.07 Å². The van der Waals surface area contributed by atoms with Crippen molar-refractivity contribution in [2.45, 2.75) is 18.9 Å². The lowest BCUT2D eigenvalue weighted by atomic mass is 10.1. The number of para-hydroxylation sites is 1. The summed E-state index contributed by atoms with van der Waals surface area (Å²) in [6.45, 7) is 0. The first kappa shape index (κ1) is 9.83. The van der Waals surface area contributed by atoms with Gasteiger partial charge in [-0.2, -0.15) is 0 Å². The van der Waals surface area contributed by atoms with Crippen molar-refractivity contribution < 1.29 is 9.53 Å². The molecule has 0 saturated heterocycles. The molecule has 15 heavy (non-hydrogen) atoms. The van der Waals surface area contributed by atoms with Gasteiger partial charge in [-0.05, 0) is 25.0 Å². The summed E-state index contributed by atoms with van der Waals surface area (Å²) in [5, 5.41) is 2.95. The summed E-state index contributed by atoms with van der Waals surface area (Å²) >= 11 is 0. The van der Waals surface area contributed by atoms with E-state index in [0.717, 1.165) is 12.8 Å². The van der Waals surface area contributed by atoms with Gasteiger partial charge in [-0.15, -0.1) is 0 Å². The van der Waals surface area contributed by atoms with E-state index in [1.165, 1.54) is 0 Å². The number of anilines is 1. The second-order valence-electron chi connectivity index (χ2n) is 3.61. The van der Waals surface area contributed by atoms with Gasteiger partial charge in [0, 0.05) is 7.05 Å². The van der Waals surface area contributed by atoms with Gasteiger partial charge in [0.25, 0.3) is 5.91 Å². The molecule has 0 aliphatic heterocycles. The van der Waals surface area contributed by atoms with Crippen LogP contribution in [0.3, 0.4) is 0 Å². The molecule has 80 valence electrons. The Kier molecular flexibility index (Phi) is 2.49. The second-order valence-corrected chi connectivity index (χ2v) is 3.61. The van der Waals surface area contributed by atoms with Crippen LogP contribution in [0, 0.1) is 0 Å². The lowest BCUT2D eigenvalue weighted by molar-refractivity contribution is 0.100. The molecule has 4 heteroatoms. The summed E-state index contributed by atoms with van der Waals surface area (Å²) in [6.07, 6.45) is 2.48. The highest BCUT2D eigenvalue weighted by atomic mass is 16.5. The van der Waals surface area contributed by atoms with Crippen molar-refractivity contribution >= 4 is 11.6 Å². The predicted molar refractivity (Wildman–Crippen MR) is 58.2 cm³/mol. The molecule has 1 aromatic rings. The zero-order chi connectivity index (χ0) is 10.8. The molecular formula is C11H14N2O2. The first-order valence-electron chi connectivity index (χ1n) is 4.99. The number of nitrogens with two attached hydrogens (primary N) is 1. The average Bonchev–Trinajstić information content (AvgIpc) is 3.01. The van der Waals surface area contributed by atoms with Gasteiger partial charge in [-0.25, -0.2) is 0 Å². The standard InChI is InChI=1S/C11H14N2O2/c1-13-10-8(11(12)14)3-2-4-9(10)15-7-5-6-7/h2-4,7,13H,5-6H2,1H3,(H2,12,14). The summed E-state index contributed by atoms with van der Waals surface area (Å²) in [6, 6.07) is 5.31. The summed E-state index contributed by atoms with van der Waals surface area (Å²) in [5.41, 5.74) is 6.42. The SMILES string of the molecule is CNc1c(OC2CC2)cccc1C(N)=O. The van der Waals surface area contributed by atoms with Crippen molar-refractivity contribution in [3.05, 3.63) is 23.8 Å². The van der Waals surface area contributed by atoms with Crippen LogP contribution < -0.4 is 15.8 Å². The van der Waals surface area contributed by atoms with Crippen molar-refractivity contribution in [2.24, 2.45) is 5.73 Å². The molecule has 0 atom stereocenters. The molecule has 3 N–H and O–H groups in total. The molecule has 1 aliphatic rings. The van der Waals surface area contributed by atoms with Crippen molar-refractivity contribution in [3.63, 3.8) is 0 Å². The molecule has 1 aliphatic carbocycles. The number of primary amides is 1. The number of hydrogen-bond acceptors (Lipinski definition) is 3. The maximum Gasteiger partial charge on any atom is 0.250 e. The summed E-state index contributed by atoms with van der Waals surface area (Å²) < 4.78 is 5.67. The van der Waals surface area contributed by atoms with Crippen molar-refractivity contribution in [2.75, 3.05) is 12.4 Å². The van der Waals surface area contributed by atoms with Crippen LogP contribution in [0.25, 0.3) is 0 Å². The zero-order valence-electron chi connectivity index (χ0n) is 8.62. The third-order valence-corrected chi connectivity index (χ3v) is 2.36. The molecule has 1 fully saturated rings. The number of nitrogens with one attached hydrogen (secondary N) is 1. The van der Waals surface area contributed by atoms with Crippen LogP contribution in [-0.2, 0) is 0 Å². The van der Waals surface area contributed by atoms with E-state index in [4.69, 9.17) is 10.5 Å². The third-order valence-electron chi connectivity index (χ3n) is 2.36. The predicted octanol–water partition coefficient (Wildman–Crippen LogP) is 1.37. The van der Waals surface area contributed by atoms with Crippen molar-refractivity contribution in [1.82, 2.24) is 0 Å². The number of hydrogen-bond donors (Lipinski definition) is 2. The highest BCUT2D eigenvalue weighted by Gasteiger charge is 2.25. The topological polar surface area (TPSA) is 64.3 Å². The summed E-state index contributed by atoms with van der Waals surface area (Å²) in [5.74, 6) is 0.261. The van der Waals surface area contributed by atoms with Crippen molar-refractivity contribution in [1.29, 1.82) is 0 Å². The lowest BCUT2D eigenvalue weighted by Crippen LogP contribution is -2.14. The highest BCUT2D eigenvalue weighted by Crippen LogP contribution is 2.33. The Morgan fingerprint density at radius 2 is 2.27 bits per heavy atom. The first-order valence-corrected chi connectivity index (χ1v) is 4.99. The smallest absolute Gasteiger partial charge is 0.250 e. The van der Waals surface area contributed by atoms with E-state index in [0.29, 0.717) is 23.1 Å². The van der Waals surface area contributed by atoms with Crippen LogP contribution in [0.5, 0.6) is 5.75 Å². The minimum atomic E-state index is -0.444. The van der Waals surface area contributed by atoms with E-state index in [2.05, 4.69) is 5.32 Å². The minimum absolute atomic E-state index is 0.306. The molecule has 0 heterocycles. The van der Waals surface area contributed by atoms with Gasteiger partial charge < -0.3 is 15.8 Å². The van der Waals surface area contributed by atoms with Gasteiger partial charge in [0.05, 0.1) is 17.4 Å². The number of rotatable bonds is 4. The molecule has 0 unspecified atom stereocenters. The number of benzene rings is 1. The van der Waals surface area contributed by atoms with Gasteiger partial charge in [0.15, 0.2) is 0 Å². The van der Waals surface area contributed by atoms with Gasteiger partial charge >= 0.3 is 0 Å². The molecule has 4 nitrogen and oxygen atoms in total. The molecule has 0 spiro atoms. The molecule has 0 aromatic heterocycles. The quantitative estimate of drug-likeness (QED) is 0.782. The minimum Gasteiger partial charge on any atom is -0.488 e. The Morgan fingerprint density at radius 1 is 1.53 bits per heavy atom.